The standard InChI is InChI=1S/C25H37N5O7Si/c1-5-29(18-19-34-25(31)26-17-20-38(35-6-2,36-7-3)37-8-4)23-13-9-21(10-14-23)27-28-22-11-15-24(16-12-22)30(32)33/h9-16H,5-8,17-20H2,1-4H3,(H,26,31). The third-order valence-electron chi connectivity index (χ3n) is 5.33. The Balaban J connectivity index is 1.81. The van der Waals surface area contributed by atoms with E-state index in [9.17, 15) is 14.9 Å². The normalized spacial score (nSPS) is 11.5. The Labute approximate surface area is 224 Å². The summed E-state index contributed by atoms with van der Waals surface area (Å²) < 4.78 is 22.7. The van der Waals surface area contributed by atoms with Crippen LogP contribution in [-0.4, -0.2) is 65.9 Å². The SMILES string of the molecule is CCO[Si](CCNC(=O)OCCN(CC)c1ccc(N=Nc2ccc([N+](=O)[O-])cc2)cc1)(OCC)OCC. The lowest BCUT2D eigenvalue weighted by atomic mass is 10.2. The van der Waals surface area contributed by atoms with E-state index in [0.29, 0.717) is 50.3 Å². The molecule has 0 atom stereocenters. The second-order valence-corrected chi connectivity index (χ2v) is 10.6. The fraction of sp³-hybridized carbons (Fsp3) is 0.480. The molecule has 2 rings (SSSR count). The number of anilines is 1. The number of carbonyl (C=O) groups excluding carboxylic acids is 1. The Kier molecular flexibility index (Phi) is 13.3. The van der Waals surface area contributed by atoms with Crippen LogP contribution < -0.4 is 10.2 Å². The van der Waals surface area contributed by atoms with Crippen molar-refractivity contribution < 1.29 is 27.7 Å². The first kappa shape index (κ1) is 30.8. The maximum absolute atomic E-state index is 12.2. The third-order valence-corrected chi connectivity index (χ3v) is 8.37. The Bertz CT molecular complexity index is 1000. The van der Waals surface area contributed by atoms with Crippen molar-refractivity contribution in [3.63, 3.8) is 0 Å². The van der Waals surface area contributed by atoms with Crippen molar-refractivity contribution in [1.29, 1.82) is 0 Å². The highest BCUT2D eigenvalue weighted by molar-refractivity contribution is 6.60. The monoisotopic (exact) mass is 547 g/mol. The molecule has 0 radical (unpaired) electrons. The van der Waals surface area contributed by atoms with Crippen LogP contribution in [0.25, 0.3) is 0 Å². The van der Waals surface area contributed by atoms with Crippen molar-refractivity contribution in [2.24, 2.45) is 10.2 Å². The first-order valence-electron chi connectivity index (χ1n) is 12.7. The minimum absolute atomic E-state index is 0.00262. The largest absolute Gasteiger partial charge is 0.502 e. The van der Waals surface area contributed by atoms with Gasteiger partial charge in [-0.3, -0.25) is 10.1 Å². The van der Waals surface area contributed by atoms with Crippen LogP contribution in [0.2, 0.25) is 6.04 Å². The number of benzene rings is 2. The van der Waals surface area contributed by atoms with Crippen molar-refractivity contribution in [2.75, 3.05) is 51.0 Å². The molecule has 1 N–H and O–H groups in total. The minimum Gasteiger partial charge on any atom is -0.448 e. The number of non-ortho nitro benzene ring substituents is 1. The van der Waals surface area contributed by atoms with Crippen molar-refractivity contribution in [3.05, 3.63) is 58.6 Å². The number of nitrogens with zero attached hydrogens (tertiary/aromatic N) is 4. The van der Waals surface area contributed by atoms with Gasteiger partial charge in [0.15, 0.2) is 0 Å². The number of nitrogens with one attached hydrogen (secondary N) is 1. The number of nitro groups is 1. The van der Waals surface area contributed by atoms with E-state index in [1.807, 2.05) is 52.0 Å². The van der Waals surface area contributed by atoms with Gasteiger partial charge in [-0.15, -0.1) is 0 Å². The van der Waals surface area contributed by atoms with Crippen LogP contribution in [0, 0.1) is 10.1 Å². The first-order valence-corrected chi connectivity index (χ1v) is 14.6. The van der Waals surface area contributed by atoms with Crippen molar-refractivity contribution in [3.8, 4) is 0 Å². The number of likely N-dealkylation sites (N-methyl/N-ethyl adjacent to an activating group) is 1. The zero-order valence-electron chi connectivity index (χ0n) is 22.4. The summed E-state index contributed by atoms with van der Waals surface area (Å²) in [5.41, 5.74) is 2.12. The molecule has 0 spiro atoms. The fourth-order valence-corrected chi connectivity index (χ4v) is 6.01. The van der Waals surface area contributed by atoms with E-state index in [1.54, 1.807) is 12.1 Å². The van der Waals surface area contributed by atoms with Crippen LogP contribution in [0.5, 0.6) is 0 Å². The van der Waals surface area contributed by atoms with Gasteiger partial charge in [0.1, 0.15) is 6.61 Å². The van der Waals surface area contributed by atoms with Gasteiger partial charge < -0.3 is 28.2 Å². The van der Waals surface area contributed by atoms with Crippen molar-refractivity contribution in [2.45, 2.75) is 33.7 Å². The predicted molar refractivity (Wildman–Crippen MR) is 146 cm³/mol. The average molecular weight is 548 g/mol. The summed E-state index contributed by atoms with van der Waals surface area (Å²) >= 11 is 0. The summed E-state index contributed by atoms with van der Waals surface area (Å²) in [6.07, 6.45) is -0.504. The quantitative estimate of drug-likeness (QED) is 0.117. The molecular formula is C25H37N5O7Si. The van der Waals surface area contributed by atoms with E-state index >= 15 is 0 Å². The number of azo groups is 1. The lowest BCUT2D eigenvalue weighted by Gasteiger charge is -2.28. The molecule has 1 amide bonds. The number of ether oxygens (including phenoxy) is 1. The molecule has 0 unspecified atom stereocenters. The number of hydrogen-bond acceptors (Lipinski definition) is 10. The third kappa shape index (κ3) is 10.2. The molecule has 0 saturated heterocycles. The van der Waals surface area contributed by atoms with Crippen LogP contribution in [0.15, 0.2) is 58.8 Å². The molecule has 0 bridgehead atoms. The maximum Gasteiger partial charge on any atom is 0.502 e. The topological polar surface area (TPSA) is 137 Å². The Morgan fingerprint density at radius 3 is 1.92 bits per heavy atom. The van der Waals surface area contributed by atoms with Crippen LogP contribution in [0.1, 0.15) is 27.7 Å². The van der Waals surface area contributed by atoms with Gasteiger partial charge in [0.2, 0.25) is 0 Å². The molecule has 0 aliphatic rings. The number of rotatable bonds is 17. The molecule has 13 heteroatoms. The zero-order chi connectivity index (χ0) is 27.8. The Morgan fingerprint density at radius 1 is 0.921 bits per heavy atom. The van der Waals surface area contributed by atoms with Gasteiger partial charge in [-0.2, -0.15) is 10.2 Å². The molecule has 12 nitrogen and oxygen atoms in total. The van der Waals surface area contributed by atoms with E-state index in [0.717, 1.165) is 12.2 Å². The molecule has 2 aromatic carbocycles. The van der Waals surface area contributed by atoms with Gasteiger partial charge in [0.05, 0.1) is 22.8 Å². The number of hydrogen-bond donors (Lipinski definition) is 1. The summed E-state index contributed by atoms with van der Waals surface area (Å²) in [5, 5.41) is 21.8. The summed E-state index contributed by atoms with van der Waals surface area (Å²) in [6.45, 7) is 10.9. The van der Waals surface area contributed by atoms with Gasteiger partial charge in [-0.25, -0.2) is 4.79 Å². The zero-order valence-corrected chi connectivity index (χ0v) is 23.4. The van der Waals surface area contributed by atoms with Crippen LogP contribution in [0.4, 0.5) is 27.5 Å². The molecule has 0 saturated carbocycles. The number of alkyl carbamates (subject to hydrolysis) is 1. The number of nitro benzene ring substituents is 1. The molecule has 0 heterocycles. The van der Waals surface area contributed by atoms with Gasteiger partial charge in [-0.05, 0) is 64.1 Å². The molecule has 38 heavy (non-hydrogen) atoms. The highest BCUT2D eigenvalue weighted by Gasteiger charge is 2.40. The lowest BCUT2D eigenvalue weighted by Crippen LogP contribution is -2.48. The number of amides is 1. The molecular weight excluding hydrogens is 510 g/mol. The molecule has 208 valence electrons. The average Bonchev–Trinajstić information content (AvgIpc) is 2.91. The second kappa shape index (κ2) is 16.4. The van der Waals surface area contributed by atoms with Gasteiger partial charge in [0.25, 0.3) is 5.69 Å². The molecule has 2 aromatic rings. The van der Waals surface area contributed by atoms with E-state index in [4.69, 9.17) is 18.0 Å². The second-order valence-electron chi connectivity index (χ2n) is 7.86. The van der Waals surface area contributed by atoms with E-state index in [-0.39, 0.29) is 12.3 Å². The maximum atomic E-state index is 12.2. The van der Waals surface area contributed by atoms with Crippen LogP contribution in [0.3, 0.4) is 0 Å². The van der Waals surface area contributed by atoms with Crippen LogP contribution >= 0.6 is 0 Å². The van der Waals surface area contributed by atoms with E-state index in [1.165, 1.54) is 12.1 Å². The summed E-state index contributed by atoms with van der Waals surface area (Å²) in [4.78, 5) is 24.5. The van der Waals surface area contributed by atoms with Crippen molar-refractivity contribution in [1.82, 2.24) is 5.32 Å². The molecule has 0 fully saturated rings. The van der Waals surface area contributed by atoms with Gasteiger partial charge in [-0.1, -0.05) is 0 Å². The van der Waals surface area contributed by atoms with Gasteiger partial charge >= 0.3 is 14.9 Å². The molecule has 0 aromatic heterocycles. The van der Waals surface area contributed by atoms with E-state index in [2.05, 4.69) is 20.4 Å². The lowest BCUT2D eigenvalue weighted by molar-refractivity contribution is -0.384. The van der Waals surface area contributed by atoms with Crippen molar-refractivity contribution >= 4 is 37.6 Å². The van der Waals surface area contributed by atoms with Crippen LogP contribution in [-0.2, 0) is 18.0 Å². The highest BCUT2D eigenvalue weighted by atomic mass is 28.4. The summed E-state index contributed by atoms with van der Waals surface area (Å²) in [6, 6.07) is 13.8. The summed E-state index contributed by atoms with van der Waals surface area (Å²) in [5.74, 6) is 0. The Hall–Kier alpha value is -3.39. The Morgan fingerprint density at radius 2 is 1.45 bits per heavy atom. The number of carbonyl (C=O) groups is 1. The predicted octanol–water partition coefficient (Wildman–Crippen LogP) is 5.61. The smallest absolute Gasteiger partial charge is 0.448 e. The summed E-state index contributed by atoms with van der Waals surface area (Å²) in [7, 11) is -2.82. The fourth-order valence-electron chi connectivity index (χ4n) is 3.57. The first-order chi connectivity index (χ1) is 18.4. The van der Waals surface area contributed by atoms with Gasteiger partial charge in [0, 0.05) is 56.8 Å². The van der Waals surface area contributed by atoms with E-state index < -0.39 is 19.8 Å². The highest BCUT2D eigenvalue weighted by Crippen LogP contribution is 2.23. The minimum atomic E-state index is -2.82. The molecule has 0 aliphatic heterocycles. The molecule has 0 aliphatic carbocycles.